The van der Waals surface area contributed by atoms with Crippen LogP contribution in [-0.4, -0.2) is 17.2 Å². The number of carbonyl (C=O) groups is 1. The summed E-state index contributed by atoms with van der Waals surface area (Å²) < 4.78 is 18.0. The van der Waals surface area contributed by atoms with E-state index in [-0.39, 0.29) is 16.7 Å². The molecule has 0 aliphatic heterocycles. The van der Waals surface area contributed by atoms with Gasteiger partial charge in [-0.25, -0.2) is 9.18 Å². The van der Waals surface area contributed by atoms with E-state index in [9.17, 15) is 9.18 Å². The Kier molecular flexibility index (Phi) is 4.12. The molecule has 1 aromatic rings. The molecule has 0 aliphatic rings. The van der Waals surface area contributed by atoms with Crippen LogP contribution in [0.4, 0.5) is 4.39 Å². The van der Waals surface area contributed by atoms with Gasteiger partial charge in [-0.15, -0.1) is 0 Å². The number of rotatable bonds is 4. The molecule has 0 saturated carbocycles. The Morgan fingerprint density at radius 2 is 2.12 bits per heavy atom. The molecule has 16 heavy (non-hydrogen) atoms. The fraction of sp³-hybridized carbons (Fsp3) is 0.364. The average molecular weight is 247 g/mol. The number of hydrogen-bond acceptors (Lipinski definition) is 2. The molecule has 0 saturated heterocycles. The molecule has 1 N–H and O–H groups in total. The summed E-state index contributed by atoms with van der Waals surface area (Å²) in [6.07, 6.45) is -0.997. The van der Waals surface area contributed by atoms with Gasteiger partial charge in [0.05, 0.1) is 5.02 Å². The van der Waals surface area contributed by atoms with E-state index >= 15 is 0 Å². The second-order valence-corrected chi connectivity index (χ2v) is 4.10. The maximum Gasteiger partial charge on any atom is 0.345 e. The van der Waals surface area contributed by atoms with Crippen molar-refractivity contribution in [3.63, 3.8) is 0 Å². The van der Waals surface area contributed by atoms with Gasteiger partial charge >= 0.3 is 5.97 Å². The van der Waals surface area contributed by atoms with E-state index in [1.165, 1.54) is 12.1 Å². The molecule has 0 radical (unpaired) electrons. The van der Waals surface area contributed by atoms with Crippen molar-refractivity contribution in [1.82, 2.24) is 0 Å². The van der Waals surface area contributed by atoms with Crippen LogP contribution < -0.4 is 4.74 Å². The molecule has 1 atom stereocenters. The van der Waals surface area contributed by atoms with Crippen molar-refractivity contribution < 1.29 is 19.0 Å². The lowest BCUT2D eigenvalue weighted by atomic mass is 10.1. The van der Waals surface area contributed by atoms with Gasteiger partial charge in [-0.3, -0.25) is 0 Å². The van der Waals surface area contributed by atoms with Crippen LogP contribution in [0.2, 0.25) is 5.02 Å². The number of halogens is 2. The Bertz CT molecular complexity index is 393. The molecule has 0 spiro atoms. The molecule has 3 nitrogen and oxygen atoms in total. The number of carboxylic acids is 1. The summed E-state index contributed by atoms with van der Waals surface area (Å²) in [4.78, 5) is 10.9. The minimum absolute atomic E-state index is 0.0619. The zero-order valence-corrected chi connectivity index (χ0v) is 9.66. The summed E-state index contributed by atoms with van der Waals surface area (Å²) in [5.74, 6) is -1.60. The molecule has 5 heteroatoms. The van der Waals surface area contributed by atoms with Crippen molar-refractivity contribution in [3.8, 4) is 5.75 Å². The van der Waals surface area contributed by atoms with Gasteiger partial charge in [0.1, 0.15) is 11.6 Å². The predicted molar refractivity (Wildman–Crippen MR) is 58.3 cm³/mol. The molecule has 0 heterocycles. The largest absolute Gasteiger partial charge is 0.478 e. The number of benzene rings is 1. The second kappa shape index (κ2) is 5.16. The Balaban J connectivity index is 2.90. The van der Waals surface area contributed by atoms with Crippen molar-refractivity contribution in [2.75, 3.05) is 0 Å². The predicted octanol–water partition coefficient (Wildman–Crippen LogP) is 2.97. The van der Waals surface area contributed by atoms with Crippen LogP contribution in [0.1, 0.15) is 13.8 Å². The van der Waals surface area contributed by atoms with Crippen molar-refractivity contribution in [1.29, 1.82) is 0 Å². The van der Waals surface area contributed by atoms with E-state index in [4.69, 9.17) is 21.4 Å². The first-order chi connectivity index (χ1) is 7.41. The lowest BCUT2D eigenvalue weighted by molar-refractivity contribution is -0.147. The van der Waals surface area contributed by atoms with Crippen LogP contribution >= 0.6 is 11.6 Å². The third-order valence-electron chi connectivity index (χ3n) is 2.00. The maximum absolute atomic E-state index is 12.7. The normalized spacial score (nSPS) is 12.6. The molecule has 0 fully saturated rings. The first-order valence-electron chi connectivity index (χ1n) is 4.76. The summed E-state index contributed by atoms with van der Waals surface area (Å²) in [6, 6.07) is 3.56. The zero-order chi connectivity index (χ0) is 12.3. The molecule has 0 amide bonds. The summed E-state index contributed by atoms with van der Waals surface area (Å²) in [5, 5.41) is 8.97. The number of carboxylic acid groups (broad SMARTS) is 1. The smallest absolute Gasteiger partial charge is 0.345 e. The fourth-order valence-corrected chi connectivity index (χ4v) is 1.39. The van der Waals surface area contributed by atoms with Gasteiger partial charge in [0.2, 0.25) is 0 Å². The highest BCUT2D eigenvalue weighted by Gasteiger charge is 2.24. The van der Waals surface area contributed by atoms with Gasteiger partial charge in [-0.1, -0.05) is 25.4 Å². The molecule has 1 rings (SSSR count). The van der Waals surface area contributed by atoms with Gasteiger partial charge in [0.15, 0.2) is 6.10 Å². The molecule has 0 aliphatic carbocycles. The van der Waals surface area contributed by atoms with Crippen LogP contribution in [-0.2, 0) is 4.79 Å². The van der Waals surface area contributed by atoms with Crippen molar-refractivity contribution in [3.05, 3.63) is 29.0 Å². The van der Waals surface area contributed by atoms with Gasteiger partial charge in [0, 0.05) is 5.92 Å². The third-order valence-corrected chi connectivity index (χ3v) is 2.29. The Labute approximate surface area is 97.8 Å². The summed E-state index contributed by atoms with van der Waals surface area (Å²) in [7, 11) is 0. The minimum atomic E-state index is -1.07. The standard InChI is InChI=1S/C11H12ClFO3/c1-6(2)10(11(14)15)16-9-4-3-7(13)5-8(9)12/h3-6,10H,1-2H3,(H,14,15). The number of hydrogen-bond donors (Lipinski definition) is 1. The summed E-state index contributed by atoms with van der Waals surface area (Å²) >= 11 is 5.73. The van der Waals surface area contributed by atoms with Crippen LogP contribution in [0.3, 0.4) is 0 Å². The molecular weight excluding hydrogens is 235 g/mol. The average Bonchev–Trinajstić information content (AvgIpc) is 2.15. The van der Waals surface area contributed by atoms with Crippen molar-refractivity contribution >= 4 is 17.6 Å². The first-order valence-corrected chi connectivity index (χ1v) is 5.14. The van der Waals surface area contributed by atoms with Crippen LogP contribution in [0.15, 0.2) is 18.2 Å². The third kappa shape index (κ3) is 3.10. The van der Waals surface area contributed by atoms with Gasteiger partial charge in [0.25, 0.3) is 0 Å². The lowest BCUT2D eigenvalue weighted by Crippen LogP contribution is -2.32. The minimum Gasteiger partial charge on any atom is -0.478 e. The molecule has 0 bridgehead atoms. The Morgan fingerprint density at radius 1 is 1.50 bits per heavy atom. The monoisotopic (exact) mass is 246 g/mol. The van der Waals surface area contributed by atoms with Gasteiger partial charge in [-0.05, 0) is 18.2 Å². The van der Waals surface area contributed by atoms with E-state index < -0.39 is 17.9 Å². The zero-order valence-electron chi connectivity index (χ0n) is 8.91. The van der Waals surface area contributed by atoms with E-state index in [1.54, 1.807) is 13.8 Å². The second-order valence-electron chi connectivity index (χ2n) is 3.70. The first kappa shape index (κ1) is 12.8. The molecule has 1 aromatic carbocycles. The lowest BCUT2D eigenvalue weighted by Gasteiger charge is -2.18. The van der Waals surface area contributed by atoms with E-state index in [1.807, 2.05) is 0 Å². The summed E-state index contributed by atoms with van der Waals surface area (Å²) in [5.41, 5.74) is 0. The maximum atomic E-state index is 12.7. The van der Waals surface area contributed by atoms with E-state index in [0.717, 1.165) is 6.07 Å². The van der Waals surface area contributed by atoms with Crippen LogP contribution in [0, 0.1) is 11.7 Å². The SMILES string of the molecule is CC(C)C(Oc1ccc(F)cc1Cl)C(=O)O. The Morgan fingerprint density at radius 3 is 2.56 bits per heavy atom. The Hall–Kier alpha value is -1.29. The highest BCUT2D eigenvalue weighted by molar-refractivity contribution is 6.32. The van der Waals surface area contributed by atoms with Gasteiger partial charge in [-0.2, -0.15) is 0 Å². The van der Waals surface area contributed by atoms with Crippen LogP contribution in [0.25, 0.3) is 0 Å². The van der Waals surface area contributed by atoms with Crippen LogP contribution in [0.5, 0.6) is 5.75 Å². The fourth-order valence-electron chi connectivity index (χ4n) is 1.18. The number of ether oxygens (including phenoxy) is 1. The highest BCUT2D eigenvalue weighted by atomic mass is 35.5. The van der Waals surface area contributed by atoms with E-state index in [2.05, 4.69) is 0 Å². The molecule has 88 valence electrons. The highest BCUT2D eigenvalue weighted by Crippen LogP contribution is 2.27. The van der Waals surface area contributed by atoms with Gasteiger partial charge < -0.3 is 9.84 Å². The van der Waals surface area contributed by atoms with Crippen molar-refractivity contribution in [2.45, 2.75) is 20.0 Å². The number of aliphatic carboxylic acids is 1. The molecular formula is C11H12ClFO3. The summed E-state index contributed by atoms with van der Waals surface area (Å²) in [6.45, 7) is 3.44. The molecule has 1 unspecified atom stereocenters. The van der Waals surface area contributed by atoms with E-state index in [0.29, 0.717) is 0 Å². The van der Waals surface area contributed by atoms with Crippen molar-refractivity contribution in [2.24, 2.45) is 5.92 Å². The molecule has 0 aromatic heterocycles. The quantitative estimate of drug-likeness (QED) is 0.888. The topological polar surface area (TPSA) is 46.5 Å².